The SMILES string of the molecule is [B]Cc1ccc(C(=O)OCCCC(=O)OC(C(C)(F)F)S(=O)(=O)O)cc1. The molecule has 0 saturated carbocycles. The van der Waals surface area contributed by atoms with Crippen molar-refractivity contribution in [3.63, 3.8) is 0 Å². The van der Waals surface area contributed by atoms with Gasteiger partial charge >= 0.3 is 22.1 Å². The zero-order valence-electron chi connectivity index (χ0n) is 13.9. The third-order valence-electron chi connectivity index (χ3n) is 3.11. The summed E-state index contributed by atoms with van der Waals surface area (Å²) in [5.74, 6) is -5.92. The Bertz CT molecular complexity index is 729. The van der Waals surface area contributed by atoms with Gasteiger partial charge in [-0.15, -0.1) is 0 Å². The number of ether oxygens (including phenoxy) is 2. The first-order valence-electron chi connectivity index (χ1n) is 7.45. The highest BCUT2D eigenvalue weighted by Crippen LogP contribution is 2.24. The number of halogens is 2. The highest BCUT2D eigenvalue weighted by atomic mass is 32.2. The summed E-state index contributed by atoms with van der Waals surface area (Å²) in [6.45, 7) is -0.0257. The molecule has 1 aromatic carbocycles. The Balaban J connectivity index is 2.44. The summed E-state index contributed by atoms with van der Waals surface area (Å²) in [5.41, 5.74) is -1.90. The minimum Gasteiger partial charge on any atom is -0.462 e. The van der Waals surface area contributed by atoms with Crippen LogP contribution in [0.3, 0.4) is 0 Å². The maximum atomic E-state index is 13.1. The third-order valence-corrected chi connectivity index (χ3v) is 4.16. The van der Waals surface area contributed by atoms with E-state index in [0.29, 0.717) is 6.32 Å². The van der Waals surface area contributed by atoms with E-state index in [1.165, 1.54) is 12.1 Å². The van der Waals surface area contributed by atoms with Gasteiger partial charge in [-0.25, -0.2) is 13.6 Å². The van der Waals surface area contributed by atoms with Crippen molar-refractivity contribution in [2.45, 2.75) is 37.4 Å². The second kappa shape index (κ2) is 9.08. The van der Waals surface area contributed by atoms with Crippen molar-refractivity contribution in [3.8, 4) is 0 Å². The van der Waals surface area contributed by atoms with Crippen LogP contribution in [0.2, 0.25) is 0 Å². The number of benzene rings is 1. The number of esters is 2. The smallest absolute Gasteiger partial charge is 0.338 e. The van der Waals surface area contributed by atoms with E-state index in [9.17, 15) is 26.8 Å². The van der Waals surface area contributed by atoms with E-state index in [0.717, 1.165) is 5.56 Å². The van der Waals surface area contributed by atoms with Gasteiger partial charge in [0, 0.05) is 13.3 Å². The Hall–Kier alpha value is -2.01. The molecule has 11 heteroatoms. The van der Waals surface area contributed by atoms with Gasteiger partial charge in [0.15, 0.2) is 0 Å². The van der Waals surface area contributed by atoms with Crippen LogP contribution in [-0.2, 0) is 30.7 Å². The second-order valence-electron chi connectivity index (χ2n) is 5.43. The quantitative estimate of drug-likeness (QED) is 0.296. The van der Waals surface area contributed by atoms with Crippen LogP contribution >= 0.6 is 0 Å². The number of hydrogen-bond donors (Lipinski definition) is 1. The fourth-order valence-corrected chi connectivity index (χ4v) is 2.60. The average Bonchev–Trinajstić information content (AvgIpc) is 2.54. The Kier molecular flexibility index (Phi) is 7.70. The van der Waals surface area contributed by atoms with Gasteiger partial charge in [0.05, 0.1) is 20.0 Å². The lowest BCUT2D eigenvalue weighted by Gasteiger charge is -2.20. The topological polar surface area (TPSA) is 107 Å². The van der Waals surface area contributed by atoms with Crippen molar-refractivity contribution in [1.29, 1.82) is 0 Å². The monoisotopic (exact) mass is 390 g/mol. The van der Waals surface area contributed by atoms with Crippen molar-refractivity contribution < 1.29 is 40.8 Å². The van der Waals surface area contributed by atoms with Crippen molar-refractivity contribution in [2.24, 2.45) is 0 Å². The third kappa shape index (κ3) is 7.08. The van der Waals surface area contributed by atoms with Gasteiger partial charge in [-0.05, 0) is 18.6 Å². The summed E-state index contributed by atoms with van der Waals surface area (Å²) < 4.78 is 65.6. The Morgan fingerprint density at radius 3 is 2.31 bits per heavy atom. The number of hydrogen-bond acceptors (Lipinski definition) is 6. The second-order valence-corrected chi connectivity index (χ2v) is 6.89. The molecule has 0 heterocycles. The molecule has 0 amide bonds. The first-order valence-corrected chi connectivity index (χ1v) is 8.95. The molecule has 0 aliphatic heterocycles. The summed E-state index contributed by atoms with van der Waals surface area (Å²) in [6, 6.07) is 6.32. The van der Waals surface area contributed by atoms with Crippen LogP contribution < -0.4 is 0 Å². The van der Waals surface area contributed by atoms with E-state index in [2.05, 4.69) is 4.74 Å². The lowest BCUT2D eigenvalue weighted by Crippen LogP contribution is -2.41. The van der Waals surface area contributed by atoms with Crippen molar-refractivity contribution in [1.82, 2.24) is 0 Å². The Labute approximate surface area is 150 Å². The molecule has 1 N–H and O–H groups in total. The molecule has 0 aromatic heterocycles. The van der Waals surface area contributed by atoms with E-state index < -0.39 is 39.8 Å². The summed E-state index contributed by atoms with van der Waals surface area (Å²) in [7, 11) is 0.140. The van der Waals surface area contributed by atoms with Gasteiger partial charge in [0.2, 0.25) is 0 Å². The molecule has 1 rings (SSSR count). The van der Waals surface area contributed by atoms with E-state index in [4.69, 9.17) is 17.1 Å². The van der Waals surface area contributed by atoms with Crippen molar-refractivity contribution in [2.75, 3.05) is 6.61 Å². The number of carbonyl (C=O) groups excluding carboxylic acids is 2. The highest BCUT2D eigenvalue weighted by molar-refractivity contribution is 7.86. The van der Waals surface area contributed by atoms with Crippen LogP contribution in [-0.4, -0.2) is 50.7 Å². The molecule has 1 unspecified atom stereocenters. The molecule has 142 valence electrons. The van der Waals surface area contributed by atoms with E-state index in [1.807, 2.05) is 0 Å². The maximum Gasteiger partial charge on any atom is 0.338 e. The Morgan fingerprint density at radius 1 is 1.27 bits per heavy atom. The molecule has 0 aliphatic rings. The van der Waals surface area contributed by atoms with Crippen LogP contribution in [0.4, 0.5) is 8.78 Å². The summed E-state index contributed by atoms with van der Waals surface area (Å²) in [5, 5.41) is 0. The summed E-state index contributed by atoms with van der Waals surface area (Å²) >= 11 is 0. The first kappa shape index (κ1) is 22.0. The van der Waals surface area contributed by atoms with E-state index >= 15 is 0 Å². The molecule has 1 aromatic rings. The molecular formula is C15H17BF2O7S. The van der Waals surface area contributed by atoms with Gasteiger partial charge < -0.3 is 9.47 Å². The molecule has 0 fully saturated rings. The lowest BCUT2D eigenvalue weighted by atomic mass is 9.96. The van der Waals surface area contributed by atoms with Crippen LogP contribution in [0.15, 0.2) is 24.3 Å². The van der Waals surface area contributed by atoms with E-state index in [1.54, 1.807) is 12.1 Å². The predicted molar refractivity (Wildman–Crippen MR) is 87.5 cm³/mol. The molecule has 7 nitrogen and oxygen atoms in total. The molecule has 0 spiro atoms. The average molecular weight is 390 g/mol. The fourth-order valence-electron chi connectivity index (χ4n) is 1.85. The van der Waals surface area contributed by atoms with Crippen LogP contribution in [0.5, 0.6) is 0 Å². The normalized spacial score (nSPS) is 13.1. The van der Waals surface area contributed by atoms with E-state index in [-0.39, 0.29) is 25.5 Å². The van der Waals surface area contributed by atoms with Crippen molar-refractivity contribution >= 4 is 29.9 Å². The zero-order chi connectivity index (χ0) is 20.0. The zero-order valence-corrected chi connectivity index (χ0v) is 14.7. The number of alkyl halides is 2. The number of rotatable bonds is 9. The largest absolute Gasteiger partial charge is 0.462 e. The summed E-state index contributed by atoms with van der Waals surface area (Å²) in [4.78, 5) is 23.2. The molecule has 0 bridgehead atoms. The summed E-state index contributed by atoms with van der Waals surface area (Å²) in [6.07, 6.45) is -0.251. The minimum absolute atomic E-state index is 0.0844. The van der Waals surface area contributed by atoms with Gasteiger partial charge in [-0.1, -0.05) is 24.0 Å². The minimum atomic E-state index is -5.29. The van der Waals surface area contributed by atoms with Crippen molar-refractivity contribution in [3.05, 3.63) is 35.4 Å². The first-order chi connectivity index (χ1) is 11.9. The van der Waals surface area contributed by atoms with Gasteiger partial charge in [-0.2, -0.15) is 8.42 Å². The predicted octanol–water partition coefficient (Wildman–Crippen LogP) is 1.70. The lowest BCUT2D eigenvalue weighted by molar-refractivity contribution is -0.159. The highest BCUT2D eigenvalue weighted by Gasteiger charge is 2.46. The molecule has 0 aliphatic carbocycles. The van der Waals surface area contributed by atoms with Gasteiger partial charge in [0.25, 0.3) is 11.4 Å². The Morgan fingerprint density at radius 2 is 1.85 bits per heavy atom. The molecular weight excluding hydrogens is 373 g/mol. The number of carbonyl (C=O) groups is 2. The maximum absolute atomic E-state index is 13.1. The molecule has 1 atom stereocenters. The molecule has 2 radical (unpaired) electrons. The standard InChI is InChI=1S/C15H17BF2O7S/c1-15(17,18)14(26(21,22)23)25-12(19)3-2-8-24-13(20)11-6-4-10(9-16)5-7-11/h4-7,14H,2-3,8-9H2,1H3,(H,21,22,23). The van der Waals surface area contributed by atoms with Crippen LogP contribution in [0, 0.1) is 0 Å². The van der Waals surface area contributed by atoms with Crippen LogP contribution in [0.1, 0.15) is 35.7 Å². The van der Waals surface area contributed by atoms with Gasteiger partial charge in [-0.3, -0.25) is 9.35 Å². The fraction of sp³-hybridized carbons (Fsp3) is 0.467. The molecule has 26 heavy (non-hydrogen) atoms. The van der Waals surface area contributed by atoms with Gasteiger partial charge in [0.1, 0.15) is 0 Å². The van der Waals surface area contributed by atoms with Crippen LogP contribution in [0.25, 0.3) is 0 Å². The molecule has 0 saturated heterocycles.